The van der Waals surface area contributed by atoms with Gasteiger partial charge in [-0.05, 0) is 36.5 Å². The molecule has 1 saturated carbocycles. The SMILES string of the molecule is NC1CC(NCc2ccc3c(c2)C(=O)N(C2CCC(=O)NC2=O)C3)C1. The molecule has 2 fully saturated rings. The van der Waals surface area contributed by atoms with Crippen LogP contribution in [0, 0.1) is 0 Å². The van der Waals surface area contributed by atoms with Crippen LogP contribution >= 0.6 is 0 Å². The molecule has 4 rings (SSSR count). The van der Waals surface area contributed by atoms with Gasteiger partial charge < -0.3 is 16.0 Å². The molecule has 3 amide bonds. The van der Waals surface area contributed by atoms with Gasteiger partial charge >= 0.3 is 0 Å². The molecule has 1 atom stereocenters. The Kier molecular flexibility index (Phi) is 4.05. The molecule has 0 radical (unpaired) electrons. The highest BCUT2D eigenvalue weighted by molar-refractivity contribution is 6.05. The second-order valence-corrected chi connectivity index (χ2v) is 7.20. The van der Waals surface area contributed by atoms with Crippen LogP contribution < -0.4 is 16.4 Å². The molecule has 4 N–H and O–H groups in total. The molecule has 7 heteroatoms. The monoisotopic (exact) mass is 342 g/mol. The minimum Gasteiger partial charge on any atom is -0.328 e. The third-order valence-corrected chi connectivity index (χ3v) is 5.36. The summed E-state index contributed by atoms with van der Waals surface area (Å²) < 4.78 is 0. The summed E-state index contributed by atoms with van der Waals surface area (Å²) >= 11 is 0. The molecule has 1 unspecified atom stereocenters. The second-order valence-electron chi connectivity index (χ2n) is 7.20. The highest BCUT2D eigenvalue weighted by Crippen LogP contribution is 2.28. The summed E-state index contributed by atoms with van der Waals surface area (Å²) in [6.07, 6.45) is 2.65. The number of benzene rings is 1. The Bertz CT molecular complexity index is 742. The van der Waals surface area contributed by atoms with Crippen molar-refractivity contribution in [2.24, 2.45) is 5.73 Å². The Morgan fingerprint density at radius 2 is 2.04 bits per heavy atom. The summed E-state index contributed by atoms with van der Waals surface area (Å²) in [7, 11) is 0. The van der Waals surface area contributed by atoms with Gasteiger partial charge in [-0.15, -0.1) is 0 Å². The Morgan fingerprint density at radius 3 is 2.76 bits per heavy atom. The van der Waals surface area contributed by atoms with Crippen LogP contribution in [0.5, 0.6) is 0 Å². The molecule has 132 valence electrons. The number of fused-ring (bicyclic) bond motifs is 1. The van der Waals surface area contributed by atoms with Gasteiger partial charge in [-0.2, -0.15) is 0 Å². The van der Waals surface area contributed by atoms with Gasteiger partial charge in [-0.1, -0.05) is 12.1 Å². The largest absolute Gasteiger partial charge is 0.328 e. The van der Waals surface area contributed by atoms with E-state index in [1.165, 1.54) is 0 Å². The third kappa shape index (κ3) is 3.05. The summed E-state index contributed by atoms with van der Waals surface area (Å²) in [6, 6.07) is 6.10. The van der Waals surface area contributed by atoms with E-state index >= 15 is 0 Å². The molecule has 2 aliphatic heterocycles. The lowest BCUT2D eigenvalue weighted by Gasteiger charge is -2.33. The molecule has 1 saturated heterocycles. The van der Waals surface area contributed by atoms with Gasteiger partial charge in [-0.25, -0.2) is 0 Å². The Balaban J connectivity index is 1.44. The normalized spacial score (nSPS) is 28.6. The highest BCUT2D eigenvalue weighted by atomic mass is 16.2. The molecule has 0 spiro atoms. The number of hydrogen-bond acceptors (Lipinski definition) is 5. The van der Waals surface area contributed by atoms with Crippen LogP contribution in [-0.2, 0) is 22.7 Å². The maximum Gasteiger partial charge on any atom is 0.255 e. The Morgan fingerprint density at radius 1 is 1.24 bits per heavy atom. The molecule has 7 nitrogen and oxygen atoms in total. The van der Waals surface area contributed by atoms with Crippen LogP contribution in [0.2, 0.25) is 0 Å². The third-order valence-electron chi connectivity index (χ3n) is 5.36. The van der Waals surface area contributed by atoms with E-state index in [-0.39, 0.29) is 24.1 Å². The van der Waals surface area contributed by atoms with Crippen molar-refractivity contribution in [3.63, 3.8) is 0 Å². The van der Waals surface area contributed by atoms with E-state index in [0.29, 0.717) is 37.2 Å². The fraction of sp³-hybridized carbons (Fsp3) is 0.500. The van der Waals surface area contributed by atoms with Gasteiger partial charge in [0.05, 0.1) is 0 Å². The average Bonchev–Trinajstić information content (AvgIpc) is 2.87. The molecule has 2 heterocycles. The van der Waals surface area contributed by atoms with Crippen molar-refractivity contribution >= 4 is 17.7 Å². The predicted molar refractivity (Wildman–Crippen MR) is 90.3 cm³/mol. The summed E-state index contributed by atoms with van der Waals surface area (Å²) in [4.78, 5) is 37.7. The number of nitrogens with zero attached hydrogens (tertiary/aromatic N) is 1. The van der Waals surface area contributed by atoms with Crippen molar-refractivity contribution in [2.45, 2.75) is 56.9 Å². The molecular formula is C18H22N4O3. The quantitative estimate of drug-likeness (QED) is 0.670. The van der Waals surface area contributed by atoms with Crippen molar-refractivity contribution in [2.75, 3.05) is 0 Å². The zero-order valence-corrected chi connectivity index (χ0v) is 14.0. The lowest BCUT2D eigenvalue weighted by atomic mass is 9.87. The van der Waals surface area contributed by atoms with Gasteiger partial charge in [0.1, 0.15) is 6.04 Å². The van der Waals surface area contributed by atoms with Gasteiger partial charge in [0, 0.05) is 37.2 Å². The van der Waals surface area contributed by atoms with Crippen molar-refractivity contribution in [1.82, 2.24) is 15.5 Å². The summed E-state index contributed by atoms with van der Waals surface area (Å²) in [5, 5.41) is 5.77. The van der Waals surface area contributed by atoms with Crippen LogP contribution in [0.1, 0.15) is 47.2 Å². The number of nitrogens with two attached hydrogens (primary N) is 1. The van der Waals surface area contributed by atoms with Crippen LogP contribution in [0.25, 0.3) is 0 Å². The van der Waals surface area contributed by atoms with Gasteiger partial charge in [0.2, 0.25) is 11.8 Å². The fourth-order valence-electron chi connectivity index (χ4n) is 3.80. The summed E-state index contributed by atoms with van der Waals surface area (Å²) in [5.74, 6) is -0.771. The molecule has 1 aliphatic carbocycles. The van der Waals surface area contributed by atoms with Crippen molar-refractivity contribution in [3.05, 3.63) is 34.9 Å². The molecule has 0 aromatic heterocycles. The number of imide groups is 1. The number of amides is 3. The summed E-state index contributed by atoms with van der Waals surface area (Å²) in [6.45, 7) is 1.13. The zero-order valence-electron chi connectivity index (χ0n) is 14.0. The number of nitrogens with one attached hydrogen (secondary N) is 2. The van der Waals surface area contributed by atoms with Crippen LogP contribution in [0.4, 0.5) is 0 Å². The maximum atomic E-state index is 12.7. The number of piperidine rings is 1. The topological polar surface area (TPSA) is 105 Å². The average molecular weight is 342 g/mol. The smallest absolute Gasteiger partial charge is 0.255 e. The molecule has 0 bridgehead atoms. The van der Waals surface area contributed by atoms with Crippen molar-refractivity contribution < 1.29 is 14.4 Å². The fourth-order valence-corrected chi connectivity index (χ4v) is 3.80. The number of carbonyl (C=O) groups excluding carboxylic acids is 3. The van der Waals surface area contributed by atoms with E-state index in [0.717, 1.165) is 24.0 Å². The molecule has 1 aromatic rings. The Labute approximate surface area is 145 Å². The first-order chi connectivity index (χ1) is 12.0. The second kappa shape index (κ2) is 6.24. The molecule has 1 aromatic carbocycles. The van der Waals surface area contributed by atoms with Gasteiger partial charge in [0.15, 0.2) is 0 Å². The van der Waals surface area contributed by atoms with Crippen LogP contribution in [0.3, 0.4) is 0 Å². The zero-order chi connectivity index (χ0) is 17.6. The van der Waals surface area contributed by atoms with E-state index in [2.05, 4.69) is 10.6 Å². The molecular weight excluding hydrogens is 320 g/mol. The first-order valence-electron chi connectivity index (χ1n) is 8.76. The summed E-state index contributed by atoms with van der Waals surface area (Å²) in [5.41, 5.74) is 8.44. The Hall–Kier alpha value is -2.25. The van der Waals surface area contributed by atoms with Gasteiger partial charge in [0.25, 0.3) is 5.91 Å². The van der Waals surface area contributed by atoms with E-state index in [9.17, 15) is 14.4 Å². The van der Waals surface area contributed by atoms with E-state index in [4.69, 9.17) is 5.73 Å². The number of carbonyl (C=O) groups is 3. The van der Waals surface area contributed by atoms with E-state index in [1.54, 1.807) is 4.90 Å². The number of rotatable bonds is 4. The van der Waals surface area contributed by atoms with Crippen molar-refractivity contribution in [3.8, 4) is 0 Å². The molecule has 25 heavy (non-hydrogen) atoms. The predicted octanol–water partition coefficient (Wildman–Crippen LogP) is 0.0269. The maximum absolute atomic E-state index is 12.7. The molecule has 3 aliphatic rings. The van der Waals surface area contributed by atoms with Gasteiger partial charge in [-0.3, -0.25) is 19.7 Å². The number of hydrogen-bond donors (Lipinski definition) is 3. The first kappa shape index (κ1) is 16.2. The van der Waals surface area contributed by atoms with Crippen molar-refractivity contribution in [1.29, 1.82) is 0 Å². The minimum atomic E-state index is -0.560. The lowest BCUT2D eigenvalue weighted by molar-refractivity contribution is -0.136. The van der Waals surface area contributed by atoms with Crippen LogP contribution in [-0.4, -0.2) is 40.7 Å². The lowest BCUT2D eigenvalue weighted by Crippen LogP contribution is -2.52. The minimum absolute atomic E-state index is 0.128. The van der Waals surface area contributed by atoms with Crippen LogP contribution in [0.15, 0.2) is 18.2 Å². The highest BCUT2D eigenvalue weighted by Gasteiger charge is 2.39. The first-order valence-corrected chi connectivity index (χ1v) is 8.76. The standard InChI is InChI=1S/C18H22N4O3/c19-12-6-13(7-12)20-8-10-1-2-11-9-22(18(25)14(11)5-10)15-3-4-16(23)21-17(15)24/h1-2,5,12-13,15,20H,3-4,6-9,19H2,(H,21,23,24). The van der Waals surface area contributed by atoms with E-state index in [1.807, 2.05) is 18.2 Å². The van der Waals surface area contributed by atoms with E-state index < -0.39 is 6.04 Å².